The summed E-state index contributed by atoms with van der Waals surface area (Å²) in [5.74, 6) is 0.340. The van der Waals surface area contributed by atoms with E-state index >= 15 is 0 Å². The zero-order valence-electron chi connectivity index (χ0n) is 11.5. The van der Waals surface area contributed by atoms with Gasteiger partial charge in [0.1, 0.15) is 0 Å². The van der Waals surface area contributed by atoms with E-state index in [1.165, 1.54) is 12.8 Å². The Hall–Kier alpha value is -0.610. The summed E-state index contributed by atoms with van der Waals surface area (Å²) in [7, 11) is 4.20. The maximum Gasteiger partial charge on any atom is 0.224 e. The Labute approximate surface area is 104 Å². The van der Waals surface area contributed by atoms with Crippen LogP contribution in [0.5, 0.6) is 0 Å². The smallest absolute Gasteiger partial charge is 0.224 e. The van der Waals surface area contributed by atoms with E-state index in [0.29, 0.717) is 24.4 Å². The van der Waals surface area contributed by atoms with Crippen LogP contribution >= 0.6 is 0 Å². The first-order valence-corrected chi connectivity index (χ1v) is 6.62. The predicted molar refractivity (Wildman–Crippen MR) is 68.9 cm³/mol. The van der Waals surface area contributed by atoms with Crippen molar-refractivity contribution in [2.24, 2.45) is 0 Å². The summed E-state index contributed by atoms with van der Waals surface area (Å²) in [5.41, 5.74) is 0.134. The summed E-state index contributed by atoms with van der Waals surface area (Å²) in [6.45, 7) is 6.35. The first-order chi connectivity index (χ1) is 7.92. The van der Waals surface area contributed by atoms with Gasteiger partial charge in [-0.25, -0.2) is 0 Å². The number of carbonyl (C=O) groups is 1. The molecule has 2 unspecified atom stereocenters. The molecule has 2 rings (SSSR count). The average molecular weight is 239 g/mol. The zero-order valence-corrected chi connectivity index (χ0v) is 11.5. The Morgan fingerprint density at radius 2 is 2.18 bits per heavy atom. The minimum Gasteiger partial charge on any atom is -0.338 e. The van der Waals surface area contributed by atoms with Crippen LogP contribution in [0.3, 0.4) is 0 Å². The summed E-state index contributed by atoms with van der Waals surface area (Å²) >= 11 is 0. The van der Waals surface area contributed by atoms with E-state index < -0.39 is 0 Å². The molecule has 2 aliphatic heterocycles. The lowest BCUT2D eigenvalue weighted by molar-refractivity contribution is -0.127. The average Bonchev–Trinajstić information content (AvgIpc) is 2.80. The molecule has 1 amide bonds. The first kappa shape index (κ1) is 12.8. The van der Waals surface area contributed by atoms with Crippen LogP contribution in [-0.4, -0.2) is 60.5 Å². The van der Waals surface area contributed by atoms with Crippen LogP contribution < -0.4 is 5.32 Å². The second-order valence-electron chi connectivity index (χ2n) is 6.20. The third kappa shape index (κ3) is 2.47. The van der Waals surface area contributed by atoms with E-state index in [-0.39, 0.29) is 5.54 Å². The molecule has 0 aromatic carbocycles. The van der Waals surface area contributed by atoms with E-state index in [1.54, 1.807) is 0 Å². The fraction of sp³-hybridized carbons (Fsp3) is 0.923. The van der Waals surface area contributed by atoms with Crippen LogP contribution in [0, 0.1) is 0 Å². The van der Waals surface area contributed by atoms with Gasteiger partial charge >= 0.3 is 0 Å². The molecule has 2 aliphatic rings. The number of rotatable bonds is 4. The van der Waals surface area contributed by atoms with E-state index in [2.05, 4.69) is 43.1 Å². The van der Waals surface area contributed by atoms with Crippen molar-refractivity contribution in [3.05, 3.63) is 0 Å². The van der Waals surface area contributed by atoms with Gasteiger partial charge in [-0.3, -0.25) is 4.79 Å². The Kier molecular flexibility index (Phi) is 3.46. The number of nitrogens with one attached hydrogen (secondary N) is 1. The van der Waals surface area contributed by atoms with Gasteiger partial charge in [-0.05, 0) is 40.8 Å². The summed E-state index contributed by atoms with van der Waals surface area (Å²) in [4.78, 5) is 16.1. The van der Waals surface area contributed by atoms with Crippen LogP contribution in [0.2, 0.25) is 0 Å². The normalized spacial score (nSPS) is 29.2. The minimum absolute atomic E-state index is 0.134. The second-order valence-corrected chi connectivity index (χ2v) is 6.20. The molecule has 2 atom stereocenters. The summed E-state index contributed by atoms with van der Waals surface area (Å²) in [6, 6.07) is 0.824. The topological polar surface area (TPSA) is 35.6 Å². The standard InChI is InChI=1S/C13H25N3O/c1-13(2,15(3)4)9-14-10-8-12(17)16-7-5-6-11(10)16/h10-11,14H,5-9H2,1-4H3. The van der Waals surface area contributed by atoms with Crippen molar-refractivity contribution >= 4 is 5.91 Å². The van der Waals surface area contributed by atoms with Gasteiger partial charge in [-0.2, -0.15) is 0 Å². The number of carbonyl (C=O) groups excluding carboxylic acids is 1. The van der Waals surface area contributed by atoms with E-state index in [9.17, 15) is 4.79 Å². The first-order valence-electron chi connectivity index (χ1n) is 6.62. The highest BCUT2D eigenvalue weighted by Crippen LogP contribution is 2.29. The van der Waals surface area contributed by atoms with Crippen molar-refractivity contribution in [1.29, 1.82) is 0 Å². The zero-order chi connectivity index (χ0) is 12.6. The lowest BCUT2D eigenvalue weighted by atomic mass is 10.0. The SMILES string of the molecule is CN(C)C(C)(C)CNC1CC(=O)N2CCCC12. The second kappa shape index (κ2) is 4.58. The molecule has 2 heterocycles. The molecule has 4 nitrogen and oxygen atoms in total. The quantitative estimate of drug-likeness (QED) is 0.783. The maximum absolute atomic E-state index is 11.8. The van der Waals surface area contributed by atoms with Gasteiger partial charge in [-0.1, -0.05) is 0 Å². The van der Waals surface area contributed by atoms with Crippen LogP contribution in [0.1, 0.15) is 33.1 Å². The van der Waals surface area contributed by atoms with Crippen molar-refractivity contribution in [3.8, 4) is 0 Å². The van der Waals surface area contributed by atoms with E-state index in [4.69, 9.17) is 0 Å². The number of hydrogen-bond donors (Lipinski definition) is 1. The molecule has 0 spiro atoms. The predicted octanol–water partition coefficient (Wildman–Crippen LogP) is 0.680. The minimum atomic E-state index is 0.134. The van der Waals surface area contributed by atoms with Crippen molar-refractivity contribution in [3.63, 3.8) is 0 Å². The van der Waals surface area contributed by atoms with Crippen molar-refractivity contribution in [2.75, 3.05) is 27.2 Å². The molecule has 0 aromatic rings. The van der Waals surface area contributed by atoms with Gasteiger partial charge < -0.3 is 15.1 Å². The molecule has 2 fully saturated rings. The van der Waals surface area contributed by atoms with Crippen molar-refractivity contribution in [1.82, 2.24) is 15.1 Å². The third-order valence-corrected chi connectivity index (χ3v) is 4.49. The van der Waals surface area contributed by atoms with E-state index in [1.807, 2.05) is 0 Å². The highest BCUT2D eigenvalue weighted by Gasteiger charge is 2.42. The number of hydrogen-bond acceptors (Lipinski definition) is 3. The number of amides is 1. The highest BCUT2D eigenvalue weighted by atomic mass is 16.2. The molecule has 0 aromatic heterocycles. The molecule has 98 valence electrons. The van der Waals surface area contributed by atoms with Gasteiger partial charge in [-0.15, -0.1) is 0 Å². The number of fused-ring (bicyclic) bond motifs is 1. The molecule has 0 aliphatic carbocycles. The largest absolute Gasteiger partial charge is 0.338 e. The molecule has 17 heavy (non-hydrogen) atoms. The molecular formula is C13H25N3O. The van der Waals surface area contributed by atoms with E-state index in [0.717, 1.165) is 13.1 Å². The van der Waals surface area contributed by atoms with Crippen molar-refractivity contribution in [2.45, 2.75) is 50.7 Å². The lowest BCUT2D eigenvalue weighted by Crippen LogP contribution is -2.51. The third-order valence-electron chi connectivity index (χ3n) is 4.49. The van der Waals surface area contributed by atoms with Crippen LogP contribution in [-0.2, 0) is 4.79 Å². The molecule has 1 N–H and O–H groups in total. The van der Waals surface area contributed by atoms with Crippen LogP contribution in [0.25, 0.3) is 0 Å². The fourth-order valence-corrected chi connectivity index (χ4v) is 2.71. The summed E-state index contributed by atoms with van der Waals surface area (Å²) in [6.07, 6.45) is 3.03. The van der Waals surface area contributed by atoms with Gasteiger partial charge in [0.25, 0.3) is 0 Å². The Morgan fingerprint density at radius 1 is 1.47 bits per heavy atom. The number of likely N-dealkylation sites (N-methyl/N-ethyl adjacent to an activating group) is 1. The molecule has 0 radical (unpaired) electrons. The molecule has 0 saturated carbocycles. The summed E-state index contributed by atoms with van der Waals surface area (Å²) in [5, 5.41) is 3.60. The Morgan fingerprint density at radius 3 is 2.82 bits per heavy atom. The van der Waals surface area contributed by atoms with Crippen molar-refractivity contribution < 1.29 is 4.79 Å². The van der Waals surface area contributed by atoms with Gasteiger partial charge in [0.2, 0.25) is 5.91 Å². The Balaban J connectivity index is 1.90. The van der Waals surface area contributed by atoms with Gasteiger partial charge in [0.15, 0.2) is 0 Å². The lowest BCUT2D eigenvalue weighted by Gasteiger charge is -2.34. The monoisotopic (exact) mass is 239 g/mol. The highest BCUT2D eigenvalue weighted by molar-refractivity contribution is 5.80. The molecule has 2 saturated heterocycles. The fourth-order valence-electron chi connectivity index (χ4n) is 2.71. The van der Waals surface area contributed by atoms with Crippen LogP contribution in [0.4, 0.5) is 0 Å². The molecular weight excluding hydrogens is 214 g/mol. The number of nitrogens with zero attached hydrogens (tertiary/aromatic N) is 2. The Bertz CT molecular complexity index is 301. The maximum atomic E-state index is 11.8. The molecule has 0 bridgehead atoms. The molecule has 4 heteroatoms. The summed E-state index contributed by atoms with van der Waals surface area (Å²) < 4.78 is 0. The van der Waals surface area contributed by atoms with Gasteiger partial charge in [0, 0.05) is 37.1 Å². The van der Waals surface area contributed by atoms with Crippen LogP contribution in [0.15, 0.2) is 0 Å². The van der Waals surface area contributed by atoms with Gasteiger partial charge in [0.05, 0.1) is 0 Å².